The molecule has 1 saturated heterocycles. The molecule has 2 aromatic heterocycles. The first kappa shape index (κ1) is 14.3. The summed E-state index contributed by atoms with van der Waals surface area (Å²) in [6, 6.07) is 7.50. The summed E-state index contributed by atoms with van der Waals surface area (Å²) in [5.41, 5.74) is 1.20. The zero-order valence-corrected chi connectivity index (χ0v) is 12.8. The zero-order chi connectivity index (χ0) is 15.6. The highest BCUT2D eigenvalue weighted by Gasteiger charge is 2.15. The Morgan fingerprint density at radius 2 is 1.96 bits per heavy atom. The highest BCUT2D eigenvalue weighted by atomic mass is 16.5. The van der Waals surface area contributed by atoms with E-state index < -0.39 is 5.63 Å². The van der Waals surface area contributed by atoms with E-state index in [1.807, 2.05) is 22.9 Å². The van der Waals surface area contributed by atoms with Crippen LogP contribution in [0.1, 0.15) is 6.42 Å². The predicted octanol–water partition coefficient (Wildman–Crippen LogP) is 1.26. The Bertz CT molecular complexity index is 880. The third kappa shape index (κ3) is 2.73. The van der Waals surface area contributed by atoms with Crippen LogP contribution < -0.4 is 5.63 Å². The first-order valence-corrected chi connectivity index (χ1v) is 7.88. The maximum absolute atomic E-state index is 12.0. The highest BCUT2D eigenvalue weighted by Crippen LogP contribution is 2.21. The van der Waals surface area contributed by atoms with Gasteiger partial charge in [0.15, 0.2) is 5.52 Å². The van der Waals surface area contributed by atoms with Crippen molar-refractivity contribution >= 4 is 22.0 Å². The van der Waals surface area contributed by atoms with Crippen LogP contribution in [0.4, 0.5) is 0 Å². The lowest BCUT2D eigenvalue weighted by Gasteiger charge is -2.26. The molecule has 4 rings (SSSR count). The van der Waals surface area contributed by atoms with Crippen molar-refractivity contribution in [1.29, 1.82) is 0 Å². The fraction of sp³-hybridized carbons (Fsp3) is 0.438. The molecule has 7 heteroatoms. The lowest BCUT2D eigenvalue weighted by Crippen LogP contribution is -2.37. The molecule has 3 heterocycles. The van der Waals surface area contributed by atoms with Crippen LogP contribution in [0.15, 0.2) is 33.5 Å². The summed E-state index contributed by atoms with van der Waals surface area (Å²) in [4.78, 5) is 14.4. The summed E-state index contributed by atoms with van der Waals surface area (Å²) >= 11 is 0. The second kappa shape index (κ2) is 6.10. The third-order valence-corrected chi connectivity index (χ3v) is 4.22. The van der Waals surface area contributed by atoms with Gasteiger partial charge in [0.1, 0.15) is 11.1 Å². The maximum Gasteiger partial charge on any atom is 0.366 e. The SMILES string of the molecule is O=c1oc2ccccc2c2c1nnn2CCCN1CCOCC1. The molecule has 0 spiro atoms. The van der Waals surface area contributed by atoms with E-state index in [0.29, 0.717) is 11.1 Å². The normalized spacial score (nSPS) is 16.3. The number of ether oxygens (including phenoxy) is 1. The molecule has 0 N–H and O–H groups in total. The maximum atomic E-state index is 12.0. The summed E-state index contributed by atoms with van der Waals surface area (Å²) in [6.45, 7) is 5.27. The Kier molecular flexibility index (Phi) is 3.80. The molecule has 120 valence electrons. The van der Waals surface area contributed by atoms with Crippen molar-refractivity contribution < 1.29 is 9.15 Å². The summed E-state index contributed by atoms with van der Waals surface area (Å²) < 4.78 is 12.5. The van der Waals surface area contributed by atoms with Gasteiger partial charge in [-0.25, -0.2) is 9.48 Å². The van der Waals surface area contributed by atoms with Crippen LogP contribution in [0, 0.1) is 0 Å². The van der Waals surface area contributed by atoms with Crippen LogP contribution >= 0.6 is 0 Å². The number of morpholine rings is 1. The molecule has 0 unspecified atom stereocenters. The fourth-order valence-corrected chi connectivity index (χ4v) is 3.04. The molecule has 3 aromatic rings. The number of para-hydroxylation sites is 1. The van der Waals surface area contributed by atoms with Crippen LogP contribution in [0.5, 0.6) is 0 Å². The van der Waals surface area contributed by atoms with E-state index in [-0.39, 0.29) is 0 Å². The minimum atomic E-state index is -0.432. The first-order valence-electron chi connectivity index (χ1n) is 7.88. The molecule has 7 nitrogen and oxygen atoms in total. The highest BCUT2D eigenvalue weighted by molar-refractivity contribution is 6.00. The Balaban J connectivity index is 1.61. The van der Waals surface area contributed by atoms with Gasteiger partial charge in [0.2, 0.25) is 0 Å². The largest absolute Gasteiger partial charge is 0.421 e. The minimum absolute atomic E-state index is 0.301. The number of aryl methyl sites for hydroxylation is 1. The van der Waals surface area contributed by atoms with Crippen LogP contribution in [-0.2, 0) is 11.3 Å². The van der Waals surface area contributed by atoms with Crippen molar-refractivity contribution in [2.75, 3.05) is 32.8 Å². The van der Waals surface area contributed by atoms with Gasteiger partial charge in [-0.3, -0.25) is 4.90 Å². The van der Waals surface area contributed by atoms with Gasteiger partial charge in [0.05, 0.1) is 13.2 Å². The summed E-state index contributed by atoms with van der Waals surface area (Å²) in [5.74, 6) is 0. The van der Waals surface area contributed by atoms with E-state index in [0.717, 1.165) is 56.7 Å². The fourth-order valence-electron chi connectivity index (χ4n) is 3.04. The smallest absolute Gasteiger partial charge is 0.366 e. The number of fused-ring (bicyclic) bond motifs is 3. The minimum Gasteiger partial charge on any atom is -0.421 e. The standard InChI is InChI=1S/C16H18N4O3/c21-16-14-15(12-4-1-2-5-13(12)23-16)20(18-17-14)7-3-6-19-8-10-22-11-9-19/h1-2,4-5H,3,6-11H2. The van der Waals surface area contributed by atoms with Gasteiger partial charge in [0, 0.05) is 31.6 Å². The van der Waals surface area contributed by atoms with E-state index in [4.69, 9.17) is 9.15 Å². The van der Waals surface area contributed by atoms with Crippen LogP contribution in [0.2, 0.25) is 0 Å². The Morgan fingerprint density at radius 1 is 1.13 bits per heavy atom. The second-order valence-corrected chi connectivity index (χ2v) is 5.70. The number of hydrogen-bond donors (Lipinski definition) is 0. The molecule has 0 radical (unpaired) electrons. The molecule has 0 atom stereocenters. The molecule has 23 heavy (non-hydrogen) atoms. The van der Waals surface area contributed by atoms with Crippen molar-refractivity contribution in [3.05, 3.63) is 34.7 Å². The van der Waals surface area contributed by atoms with E-state index in [2.05, 4.69) is 15.2 Å². The quantitative estimate of drug-likeness (QED) is 0.675. The van der Waals surface area contributed by atoms with Crippen molar-refractivity contribution in [2.45, 2.75) is 13.0 Å². The predicted molar refractivity (Wildman–Crippen MR) is 85.4 cm³/mol. The molecule has 1 fully saturated rings. The molecular formula is C16H18N4O3. The van der Waals surface area contributed by atoms with Crippen molar-refractivity contribution in [2.24, 2.45) is 0 Å². The molecule has 1 aromatic carbocycles. The Hall–Kier alpha value is -2.25. The molecule has 0 aliphatic carbocycles. The Labute approximate surface area is 132 Å². The van der Waals surface area contributed by atoms with Gasteiger partial charge in [-0.15, -0.1) is 5.10 Å². The van der Waals surface area contributed by atoms with Crippen LogP contribution in [0.25, 0.3) is 22.0 Å². The average molecular weight is 314 g/mol. The van der Waals surface area contributed by atoms with Gasteiger partial charge in [-0.2, -0.15) is 0 Å². The number of benzene rings is 1. The zero-order valence-electron chi connectivity index (χ0n) is 12.8. The van der Waals surface area contributed by atoms with Crippen molar-refractivity contribution in [3.8, 4) is 0 Å². The second-order valence-electron chi connectivity index (χ2n) is 5.70. The van der Waals surface area contributed by atoms with Gasteiger partial charge >= 0.3 is 5.63 Å². The van der Waals surface area contributed by atoms with E-state index >= 15 is 0 Å². The first-order chi connectivity index (χ1) is 11.3. The van der Waals surface area contributed by atoms with E-state index in [1.54, 1.807) is 6.07 Å². The molecular weight excluding hydrogens is 296 g/mol. The van der Waals surface area contributed by atoms with Crippen LogP contribution in [-0.4, -0.2) is 52.7 Å². The average Bonchev–Trinajstić information content (AvgIpc) is 3.01. The van der Waals surface area contributed by atoms with E-state index in [1.165, 1.54) is 0 Å². The van der Waals surface area contributed by atoms with Gasteiger partial charge in [-0.05, 0) is 18.6 Å². The topological polar surface area (TPSA) is 73.4 Å². The summed E-state index contributed by atoms with van der Waals surface area (Å²) in [5, 5.41) is 9.03. The monoisotopic (exact) mass is 314 g/mol. The summed E-state index contributed by atoms with van der Waals surface area (Å²) in [6.07, 6.45) is 0.951. The Morgan fingerprint density at radius 3 is 2.83 bits per heavy atom. The lowest BCUT2D eigenvalue weighted by molar-refractivity contribution is 0.0368. The molecule has 1 aliphatic heterocycles. The number of aromatic nitrogens is 3. The van der Waals surface area contributed by atoms with Gasteiger partial charge < -0.3 is 9.15 Å². The number of nitrogens with zero attached hydrogens (tertiary/aromatic N) is 4. The van der Waals surface area contributed by atoms with Gasteiger partial charge in [0.25, 0.3) is 0 Å². The third-order valence-electron chi connectivity index (χ3n) is 4.22. The van der Waals surface area contributed by atoms with Crippen LogP contribution in [0.3, 0.4) is 0 Å². The molecule has 1 aliphatic rings. The van der Waals surface area contributed by atoms with E-state index in [9.17, 15) is 4.79 Å². The molecule has 0 saturated carbocycles. The number of hydrogen-bond acceptors (Lipinski definition) is 6. The van der Waals surface area contributed by atoms with Crippen molar-refractivity contribution in [1.82, 2.24) is 19.9 Å². The molecule has 0 amide bonds. The van der Waals surface area contributed by atoms with Gasteiger partial charge in [-0.1, -0.05) is 17.3 Å². The summed E-state index contributed by atoms with van der Waals surface area (Å²) in [7, 11) is 0. The number of rotatable bonds is 4. The lowest BCUT2D eigenvalue weighted by atomic mass is 10.2. The van der Waals surface area contributed by atoms with Crippen molar-refractivity contribution in [3.63, 3.8) is 0 Å². The molecule has 0 bridgehead atoms.